The van der Waals surface area contributed by atoms with E-state index in [1.165, 1.54) is 22.3 Å². The van der Waals surface area contributed by atoms with Gasteiger partial charge in [0.15, 0.2) is 6.04 Å². The predicted octanol–water partition coefficient (Wildman–Crippen LogP) is 5.15. The van der Waals surface area contributed by atoms with Gasteiger partial charge in [-0.25, -0.2) is 4.79 Å². The molecule has 0 aliphatic rings. The molecule has 0 spiro atoms. The Bertz CT molecular complexity index is 493. The molecule has 0 aliphatic heterocycles. The topological polar surface area (TPSA) is 38.7 Å². The average molecular weight is 322 g/mol. The number of aliphatic imine (C=N–C) groups is 1. The number of ether oxygens (including phenoxy) is 1. The van der Waals surface area contributed by atoms with E-state index in [0.717, 1.165) is 5.56 Å². The van der Waals surface area contributed by atoms with Gasteiger partial charge in [-0.3, -0.25) is 4.99 Å². The Balaban J connectivity index is 0. The lowest BCUT2D eigenvalue weighted by atomic mass is 9.91. The van der Waals surface area contributed by atoms with Crippen LogP contribution in [-0.4, -0.2) is 25.3 Å². The standard InChI is InChI=1S/C16H23NO2.2C2H6/c1-7-19-16(18)15(17-6)9-14-8-10(2)11(3)12(4)13(14)5;2*1-2/h8,15H,6-7,9H2,1-5H3;2*1-2H3. The van der Waals surface area contributed by atoms with Crippen LogP contribution in [0.15, 0.2) is 11.1 Å². The van der Waals surface area contributed by atoms with E-state index in [-0.39, 0.29) is 5.97 Å². The summed E-state index contributed by atoms with van der Waals surface area (Å²) >= 11 is 0. The molecule has 0 aromatic heterocycles. The Morgan fingerprint density at radius 3 is 2.04 bits per heavy atom. The van der Waals surface area contributed by atoms with Gasteiger partial charge in [-0.15, -0.1) is 0 Å². The fourth-order valence-corrected chi connectivity index (χ4v) is 2.18. The van der Waals surface area contributed by atoms with Crippen LogP contribution >= 0.6 is 0 Å². The summed E-state index contributed by atoms with van der Waals surface area (Å²) in [5.41, 5.74) is 6.19. The minimum absolute atomic E-state index is 0.298. The highest BCUT2D eigenvalue weighted by Gasteiger charge is 2.20. The molecule has 0 N–H and O–H groups in total. The molecule has 3 nitrogen and oxygen atoms in total. The first-order valence-corrected chi connectivity index (χ1v) is 8.61. The number of hydrogen-bond acceptors (Lipinski definition) is 3. The third kappa shape index (κ3) is 6.98. The van der Waals surface area contributed by atoms with Crippen molar-refractivity contribution < 1.29 is 9.53 Å². The Morgan fingerprint density at radius 2 is 1.61 bits per heavy atom. The molecule has 0 saturated heterocycles. The molecule has 23 heavy (non-hydrogen) atoms. The van der Waals surface area contributed by atoms with Gasteiger partial charge in [-0.2, -0.15) is 0 Å². The quantitative estimate of drug-likeness (QED) is 0.556. The summed E-state index contributed by atoms with van der Waals surface area (Å²) in [4.78, 5) is 15.7. The summed E-state index contributed by atoms with van der Waals surface area (Å²) in [5, 5.41) is 0. The molecule has 0 heterocycles. The molecule has 3 heteroatoms. The number of esters is 1. The number of benzene rings is 1. The molecule has 0 amide bonds. The van der Waals surface area contributed by atoms with Gasteiger partial charge >= 0.3 is 5.97 Å². The van der Waals surface area contributed by atoms with Crippen molar-refractivity contribution in [3.63, 3.8) is 0 Å². The third-order valence-electron chi connectivity index (χ3n) is 3.78. The maximum absolute atomic E-state index is 11.8. The number of carbonyl (C=O) groups is 1. The minimum atomic E-state index is -0.514. The van der Waals surface area contributed by atoms with E-state index in [1.807, 2.05) is 27.7 Å². The molecule has 0 aliphatic carbocycles. The van der Waals surface area contributed by atoms with Crippen LogP contribution in [0.1, 0.15) is 62.4 Å². The summed E-state index contributed by atoms with van der Waals surface area (Å²) in [6.07, 6.45) is 0.552. The molecule has 0 radical (unpaired) electrons. The third-order valence-corrected chi connectivity index (χ3v) is 3.78. The van der Waals surface area contributed by atoms with Crippen LogP contribution in [0.25, 0.3) is 0 Å². The Hall–Kier alpha value is -1.64. The average Bonchev–Trinajstić information content (AvgIpc) is 2.58. The Morgan fingerprint density at radius 1 is 1.09 bits per heavy atom. The number of nitrogens with zero attached hydrogens (tertiary/aromatic N) is 1. The van der Waals surface area contributed by atoms with Crippen molar-refractivity contribution >= 4 is 12.7 Å². The fourth-order valence-electron chi connectivity index (χ4n) is 2.18. The summed E-state index contributed by atoms with van der Waals surface area (Å²) in [5.74, 6) is -0.298. The van der Waals surface area contributed by atoms with Gasteiger partial charge in [0, 0.05) is 6.42 Å². The zero-order chi connectivity index (χ0) is 18.6. The van der Waals surface area contributed by atoms with Crippen LogP contribution in [0.2, 0.25) is 0 Å². The SMILES string of the molecule is C=NC(Cc1cc(C)c(C)c(C)c1C)C(=O)OCC.CC.CC. The second-order valence-corrected chi connectivity index (χ2v) is 4.88. The molecule has 1 unspecified atom stereocenters. The van der Waals surface area contributed by atoms with Crippen LogP contribution in [-0.2, 0) is 16.0 Å². The molecule has 1 aromatic rings. The number of carbonyl (C=O) groups excluding carboxylic acids is 1. The number of rotatable bonds is 5. The molecule has 1 aromatic carbocycles. The predicted molar refractivity (Wildman–Crippen MR) is 102 cm³/mol. The van der Waals surface area contributed by atoms with Gasteiger partial charge in [0.2, 0.25) is 0 Å². The highest BCUT2D eigenvalue weighted by atomic mass is 16.5. The lowest BCUT2D eigenvalue weighted by Gasteiger charge is -2.17. The van der Waals surface area contributed by atoms with E-state index in [2.05, 4.69) is 45.5 Å². The molecule has 1 rings (SSSR count). The smallest absolute Gasteiger partial charge is 0.331 e. The molecule has 132 valence electrons. The minimum Gasteiger partial charge on any atom is -0.464 e. The van der Waals surface area contributed by atoms with Crippen LogP contribution in [0.4, 0.5) is 0 Å². The van der Waals surface area contributed by atoms with Crippen LogP contribution in [0.5, 0.6) is 0 Å². The molecule has 1 atom stereocenters. The summed E-state index contributed by atoms with van der Waals surface area (Å²) in [6.45, 7) is 22.1. The van der Waals surface area contributed by atoms with E-state index in [0.29, 0.717) is 13.0 Å². The van der Waals surface area contributed by atoms with Crippen molar-refractivity contribution in [1.82, 2.24) is 0 Å². The maximum atomic E-state index is 11.8. The first-order valence-electron chi connectivity index (χ1n) is 8.61. The second-order valence-electron chi connectivity index (χ2n) is 4.88. The zero-order valence-corrected chi connectivity index (χ0v) is 16.5. The first kappa shape index (κ1) is 23.6. The van der Waals surface area contributed by atoms with E-state index in [4.69, 9.17) is 4.74 Å². The highest BCUT2D eigenvalue weighted by molar-refractivity contribution is 5.77. The van der Waals surface area contributed by atoms with Gasteiger partial charge in [0.05, 0.1) is 6.61 Å². The zero-order valence-electron chi connectivity index (χ0n) is 16.5. The molecule has 0 saturated carbocycles. The lowest BCUT2D eigenvalue weighted by Crippen LogP contribution is -2.24. The molecular formula is C20H35NO2. The van der Waals surface area contributed by atoms with Crippen molar-refractivity contribution in [2.45, 2.75) is 74.8 Å². The highest BCUT2D eigenvalue weighted by Crippen LogP contribution is 2.23. The van der Waals surface area contributed by atoms with Crippen molar-refractivity contribution in [1.29, 1.82) is 0 Å². The number of aryl methyl sites for hydroxylation is 1. The summed E-state index contributed by atoms with van der Waals surface area (Å²) in [7, 11) is 0. The first-order chi connectivity index (χ1) is 10.9. The Kier molecular flexibility index (Phi) is 13.2. The van der Waals surface area contributed by atoms with E-state index in [9.17, 15) is 4.79 Å². The van der Waals surface area contributed by atoms with Crippen molar-refractivity contribution in [3.05, 3.63) is 33.9 Å². The van der Waals surface area contributed by atoms with Crippen LogP contribution < -0.4 is 0 Å². The maximum Gasteiger partial charge on any atom is 0.331 e. The largest absolute Gasteiger partial charge is 0.464 e. The second kappa shape index (κ2) is 12.9. The summed E-state index contributed by atoms with van der Waals surface area (Å²) < 4.78 is 5.02. The van der Waals surface area contributed by atoms with Gasteiger partial charge in [-0.1, -0.05) is 33.8 Å². The van der Waals surface area contributed by atoms with Crippen LogP contribution in [0.3, 0.4) is 0 Å². The van der Waals surface area contributed by atoms with Crippen molar-refractivity contribution in [3.8, 4) is 0 Å². The molecule has 0 bridgehead atoms. The summed E-state index contributed by atoms with van der Waals surface area (Å²) in [6, 6.07) is 1.62. The van der Waals surface area contributed by atoms with E-state index >= 15 is 0 Å². The normalized spacial score (nSPS) is 10.5. The van der Waals surface area contributed by atoms with Gasteiger partial charge in [-0.05, 0) is 69.2 Å². The van der Waals surface area contributed by atoms with Crippen molar-refractivity contribution in [2.75, 3.05) is 6.61 Å². The number of hydrogen-bond donors (Lipinski definition) is 0. The van der Waals surface area contributed by atoms with Gasteiger partial charge in [0.1, 0.15) is 0 Å². The monoisotopic (exact) mass is 321 g/mol. The van der Waals surface area contributed by atoms with Crippen LogP contribution in [0, 0.1) is 27.7 Å². The van der Waals surface area contributed by atoms with E-state index in [1.54, 1.807) is 6.92 Å². The lowest BCUT2D eigenvalue weighted by molar-refractivity contribution is -0.144. The van der Waals surface area contributed by atoms with Gasteiger partial charge < -0.3 is 4.74 Å². The molecule has 0 fully saturated rings. The Labute approximate surface area is 143 Å². The van der Waals surface area contributed by atoms with E-state index < -0.39 is 6.04 Å². The fraction of sp³-hybridized carbons (Fsp3) is 0.600. The van der Waals surface area contributed by atoms with Crippen molar-refractivity contribution in [2.24, 2.45) is 4.99 Å². The molecular weight excluding hydrogens is 286 g/mol. The van der Waals surface area contributed by atoms with Gasteiger partial charge in [0.25, 0.3) is 0 Å².